The molecule has 1 aromatic heterocycles. The number of halogens is 1. The Hall–Kier alpha value is -0.890. The standard InChI is InChI=1S/C16H28N4O.HI/c1-14(2)8-12-21-13-11-20-16(17-3)19-10-7-15-6-4-5-9-18-15;/h4-6,9,14H,7-8,10-13H2,1-3H3,(H2,17,19,20);1H. The van der Waals surface area contributed by atoms with Gasteiger partial charge in [0.2, 0.25) is 0 Å². The summed E-state index contributed by atoms with van der Waals surface area (Å²) in [5.41, 5.74) is 1.08. The van der Waals surface area contributed by atoms with Crippen LogP contribution in [0.1, 0.15) is 26.0 Å². The van der Waals surface area contributed by atoms with E-state index in [-0.39, 0.29) is 24.0 Å². The zero-order chi connectivity index (χ0) is 15.3. The Morgan fingerprint density at radius 1 is 1.23 bits per heavy atom. The molecule has 22 heavy (non-hydrogen) atoms. The van der Waals surface area contributed by atoms with Crippen molar-refractivity contribution in [2.75, 3.05) is 33.4 Å². The van der Waals surface area contributed by atoms with Gasteiger partial charge in [0.1, 0.15) is 0 Å². The molecule has 0 unspecified atom stereocenters. The van der Waals surface area contributed by atoms with E-state index in [1.54, 1.807) is 7.05 Å². The maximum Gasteiger partial charge on any atom is 0.191 e. The van der Waals surface area contributed by atoms with Crippen LogP contribution >= 0.6 is 24.0 Å². The molecule has 0 fully saturated rings. The van der Waals surface area contributed by atoms with Gasteiger partial charge in [-0.1, -0.05) is 19.9 Å². The third kappa shape index (κ3) is 10.8. The summed E-state index contributed by atoms with van der Waals surface area (Å²) in [6, 6.07) is 5.96. The van der Waals surface area contributed by atoms with Gasteiger partial charge in [-0.2, -0.15) is 0 Å². The minimum absolute atomic E-state index is 0. The van der Waals surface area contributed by atoms with Crippen LogP contribution in [0.5, 0.6) is 0 Å². The highest BCUT2D eigenvalue weighted by atomic mass is 127. The molecule has 0 saturated carbocycles. The van der Waals surface area contributed by atoms with Crippen LogP contribution in [0, 0.1) is 5.92 Å². The monoisotopic (exact) mass is 420 g/mol. The van der Waals surface area contributed by atoms with Crippen LogP contribution in [0.4, 0.5) is 0 Å². The fourth-order valence-electron chi connectivity index (χ4n) is 1.74. The number of aliphatic imine (C=N–C) groups is 1. The molecule has 6 heteroatoms. The van der Waals surface area contributed by atoms with Crippen molar-refractivity contribution < 1.29 is 4.74 Å². The first-order valence-electron chi connectivity index (χ1n) is 7.64. The van der Waals surface area contributed by atoms with E-state index in [0.717, 1.165) is 44.2 Å². The minimum atomic E-state index is 0. The molecule has 1 heterocycles. The fraction of sp³-hybridized carbons (Fsp3) is 0.625. The molecule has 0 aromatic carbocycles. The summed E-state index contributed by atoms with van der Waals surface area (Å²) in [7, 11) is 1.77. The van der Waals surface area contributed by atoms with Gasteiger partial charge in [-0.3, -0.25) is 9.98 Å². The first-order chi connectivity index (χ1) is 10.2. The highest BCUT2D eigenvalue weighted by Gasteiger charge is 1.98. The molecular weight excluding hydrogens is 391 g/mol. The normalized spacial score (nSPS) is 11.2. The van der Waals surface area contributed by atoms with Crippen LogP contribution in [0.3, 0.4) is 0 Å². The summed E-state index contributed by atoms with van der Waals surface area (Å²) in [6.07, 6.45) is 3.81. The quantitative estimate of drug-likeness (QED) is 0.279. The Labute approximate surface area is 151 Å². The van der Waals surface area contributed by atoms with Gasteiger partial charge in [0, 0.05) is 45.1 Å². The van der Waals surface area contributed by atoms with E-state index in [1.165, 1.54) is 0 Å². The highest BCUT2D eigenvalue weighted by Crippen LogP contribution is 1.98. The van der Waals surface area contributed by atoms with Gasteiger partial charge in [0.15, 0.2) is 5.96 Å². The van der Waals surface area contributed by atoms with Crippen molar-refractivity contribution in [1.82, 2.24) is 15.6 Å². The van der Waals surface area contributed by atoms with Crippen LogP contribution in [-0.4, -0.2) is 44.3 Å². The highest BCUT2D eigenvalue weighted by molar-refractivity contribution is 14.0. The molecule has 0 bridgehead atoms. The lowest BCUT2D eigenvalue weighted by molar-refractivity contribution is 0.128. The van der Waals surface area contributed by atoms with Crippen molar-refractivity contribution in [1.29, 1.82) is 0 Å². The van der Waals surface area contributed by atoms with Crippen LogP contribution in [0.25, 0.3) is 0 Å². The largest absolute Gasteiger partial charge is 0.380 e. The van der Waals surface area contributed by atoms with Crippen molar-refractivity contribution in [3.8, 4) is 0 Å². The first kappa shape index (κ1) is 21.1. The topological polar surface area (TPSA) is 58.5 Å². The van der Waals surface area contributed by atoms with Crippen molar-refractivity contribution in [2.45, 2.75) is 26.7 Å². The van der Waals surface area contributed by atoms with E-state index in [1.807, 2.05) is 24.4 Å². The molecule has 5 nitrogen and oxygen atoms in total. The number of hydrogen-bond acceptors (Lipinski definition) is 3. The summed E-state index contributed by atoms with van der Waals surface area (Å²) in [5, 5.41) is 6.51. The smallest absolute Gasteiger partial charge is 0.191 e. The number of ether oxygens (including phenoxy) is 1. The van der Waals surface area contributed by atoms with Crippen molar-refractivity contribution in [3.63, 3.8) is 0 Å². The molecule has 0 aliphatic heterocycles. The van der Waals surface area contributed by atoms with Gasteiger partial charge >= 0.3 is 0 Å². The molecule has 126 valence electrons. The lowest BCUT2D eigenvalue weighted by Crippen LogP contribution is -2.39. The number of hydrogen-bond donors (Lipinski definition) is 2. The van der Waals surface area contributed by atoms with E-state index < -0.39 is 0 Å². The van der Waals surface area contributed by atoms with E-state index in [0.29, 0.717) is 12.5 Å². The molecule has 0 saturated heterocycles. The Kier molecular flexibility index (Phi) is 13.2. The molecule has 1 aromatic rings. The van der Waals surface area contributed by atoms with Gasteiger partial charge in [-0.15, -0.1) is 24.0 Å². The second-order valence-electron chi connectivity index (χ2n) is 5.29. The third-order valence-electron chi connectivity index (χ3n) is 3.00. The zero-order valence-electron chi connectivity index (χ0n) is 13.8. The summed E-state index contributed by atoms with van der Waals surface area (Å²) in [4.78, 5) is 8.47. The van der Waals surface area contributed by atoms with Crippen LogP contribution in [0.2, 0.25) is 0 Å². The van der Waals surface area contributed by atoms with Crippen molar-refractivity contribution in [2.24, 2.45) is 10.9 Å². The SMILES string of the molecule is CN=C(NCCOCCC(C)C)NCCc1ccccn1.I. The second kappa shape index (κ2) is 13.8. The molecule has 0 spiro atoms. The van der Waals surface area contributed by atoms with Crippen molar-refractivity contribution >= 4 is 29.9 Å². The first-order valence-corrected chi connectivity index (χ1v) is 7.64. The summed E-state index contributed by atoms with van der Waals surface area (Å²) in [5.74, 6) is 1.50. The lowest BCUT2D eigenvalue weighted by atomic mass is 10.1. The molecule has 0 atom stereocenters. The lowest BCUT2D eigenvalue weighted by Gasteiger charge is -2.12. The Morgan fingerprint density at radius 2 is 2.00 bits per heavy atom. The number of pyridine rings is 1. The zero-order valence-corrected chi connectivity index (χ0v) is 16.2. The molecule has 0 aliphatic carbocycles. The van der Waals surface area contributed by atoms with E-state index in [4.69, 9.17) is 4.74 Å². The van der Waals surface area contributed by atoms with Crippen molar-refractivity contribution in [3.05, 3.63) is 30.1 Å². The second-order valence-corrected chi connectivity index (χ2v) is 5.29. The Balaban J connectivity index is 0.00000441. The predicted molar refractivity (Wildman–Crippen MR) is 103 cm³/mol. The average molecular weight is 420 g/mol. The molecular formula is C16H29IN4O. The third-order valence-corrected chi connectivity index (χ3v) is 3.00. The van der Waals surface area contributed by atoms with Gasteiger partial charge < -0.3 is 15.4 Å². The number of aromatic nitrogens is 1. The molecule has 1 rings (SSSR count). The van der Waals surface area contributed by atoms with Crippen LogP contribution < -0.4 is 10.6 Å². The average Bonchev–Trinajstić information content (AvgIpc) is 2.49. The minimum Gasteiger partial charge on any atom is -0.380 e. The van der Waals surface area contributed by atoms with Crippen LogP contribution in [-0.2, 0) is 11.2 Å². The number of guanidine groups is 1. The Morgan fingerprint density at radius 3 is 2.64 bits per heavy atom. The van der Waals surface area contributed by atoms with Gasteiger partial charge in [-0.25, -0.2) is 0 Å². The number of nitrogens with one attached hydrogen (secondary N) is 2. The number of rotatable bonds is 9. The maximum absolute atomic E-state index is 5.56. The van der Waals surface area contributed by atoms with E-state index >= 15 is 0 Å². The van der Waals surface area contributed by atoms with Gasteiger partial charge in [-0.05, 0) is 24.5 Å². The predicted octanol–water partition coefficient (Wildman–Crippen LogP) is 2.47. The Bertz CT molecular complexity index is 398. The van der Waals surface area contributed by atoms with Gasteiger partial charge in [0.25, 0.3) is 0 Å². The summed E-state index contributed by atoms with van der Waals surface area (Å²) < 4.78 is 5.56. The summed E-state index contributed by atoms with van der Waals surface area (Å²) >= 11 is 0. The van der Waals surface area contributed by atoms with Crippen LogP contribution in [0.15, 0.2) is 29.4 Å². The van der Waals surface area contributed by atoms with Gasteiger partial charge in [0.05, 0.1) is 6.61 Å². The molecule has 0 radical (unpaired) electrons. The van der Waals surface area contributed by atoms with E-state index in [9.17, 15) is 0 Å². The molecule has 2 N–H and O–H groups in total. The maximum atomic E-state index is 5.56. The summed E-state index contributed by atoms with van der Waals surface area (Å²) in [6.45, 7) is 7.51. The van der Waals surface area contributed by atoms with E-state index in [2.05, 4.69) is 34.5 Å². The number of nitrogens with zero attached hydrogens (tertiary/aromatic N) is 2. The fourth-order valence-corrected chi connectivity index (χ4v) is 1.74. The molecule has 0 amide bonds. The molecule has 0 aliphatic rings.